The van der Waals surface area contributed by atoms with E-state index < -0.39 is 16.5 Å². The average molecular weight is 263 g/mol. The third kappa shape index (κ3) is 31.5. The van der Waals surface area contributed by atoms with E-state index in [1.165, 1.54) is 0 Å². The first-order chi connectivity index (χ1) is 6.86. The normalized spacial score (nSPS) is 15.3. The number of rotatable bonds is 0. The number of hydrogen-bond donors (Lipinski definition) is 4. The second-order valence-corrected chi connectivity index (χ2v) is 3.43. The van der Waals surface area contributed by atoms with Gasteiger partial charge in [-0.05, 0) is 7.05 Å². The Bertz CT molecular complexity index is 164. The molecule has 0 aromatic heterocycles. The van der Waals surface area contributed by atoms with Crippen molar-refractivity contribution >= 4 is 16.5 Å². The van der Waals surface area contributed by atoms with Gasteiger partial charge in [0.15, 0.2) is 0 Å². The summed E-state index contributed by atoms with van der Waals surface area (Å²) in [6.45, 7) is 4.02. The quantitative estimate of drug-likeness (QED) is 0.418. The van der Waals surface area contributed by atoms with Crippen LogP contribution in [0.5, 0.6) is 0 Å². The Morgan fingerprint density at radius 2 is 1.27 bits per heavy atom. The van der Waals surface area contributed by atoms with E-state index in [1.807, 2.05) is 0 Å². The van der Waals surface area contributed by atoms with Gasteiger partial charge in [0.1, 0.15) is 0 Å². The fourth-order valence-electron chi connectivity index (χ4n) is 0.655. The van der Waals surface area contributed by atoms with Gasteiger partial charge in [-0.25, -0.2) is 0 Å². The van der Waals surface area contributed by atoms with Crippen molar-refractivity contribution in [2.75, 3.05) is 33.4 Å². The van der Waals surface area contributed by atoms with Crippen molar-refractivity contribution in [1.29, 1.82) is 0 Å². The Hall–Kier alpha value is -0.0400. The van der Waals surface area contributed by atoms with Gasteiger partial charge < -0.3 is 9.64 Å². The molecule has 0 aromatic rings. The molecular weight excluding hydrogens is 248 g/mol. The molecule has 0 bridgehead atoms. The van der Waals surface area contributed by atoms with Crippen molar-refractivity contribution in [2.24, 2.45) is 0 Å². The highest BCUT2D eigenvalue weighted by atomic mass is 31.1. The summed E-state index contributed by atoms with van der Waals surface area (Å²) in [5, 5.41) is 0. The van der Waals surface area contributed by atoms with Crippen LogP contribution in [0.1, 0.15) is 0 Å². The van der Waals surface area contributed by atoms with Gasteiger partial charge >= 0.3 is 16.5 Å². The molecule has 1 rings (SSSR count). The molecule has 15 heavy (non-hydrogen) atoms. The van der Waals surface area contributed by atoms with Crippen molar-refractivity contribution < 1.29 is 33.4 Å². The highest BCUT2D eigenvalue weighted by Gasteiger charge is 2.02. The fraction of sp³-hybridized carbons (Fsp3) is 1.00. The summed E-state index contributed by atoms with van der Waals surface area (Å²) < 4.78 is 22.5. The lowest BCUT2D eigenvalue weighted by molar-refractivity contribution is 0.0503. The van der Waals surface area contributed by atoms with Gasteiger partial charge in [-0.2, -0.15) is 0 Å². The standard InChI is InChI=1S/C5H11NO.2HO3P/c1-6-2-4-7-5-3-6;2*1-4(2)3/h2-5H2,1H3;2*(H-,1,2,3)/p+2. The molecule has 1 heterocycles. The van der Waals surface area contributed by atoms with E-state index in [0.29, 0.717) is 0 Å². The van der Waals surface area contributed by atoms with Gasteiger partial charge in [-0.3, -0.25) is 0 Å². The minimum atomic E-state index is -2.87. The smallest absolute Gasteiger partial charge is 0.379 e. The molecule has 1 aliphatic rings. The first-order valence-corrected chi connectivity index (χ1v) is 6.15. The van der Waals surface area contributed by atoms with E-state index in [1.54, 1.807) is 0 Å². The van der Waals surface area contributed by atoms with Crippen LogP contribution in [-0.4, -0.2) is 57.8 Å². The van der Waals surface area contributed by atoms with Gasteiger partial charge in [0.2, 0.25) is 0 Å². The Morgan fingerprint density at radius 1 is 1.00 bits per heavy atom. The number of nitrogens with zero attached hydrogens (tertiary/aromatic N) is 1. The van der Waals surface area contributed by atoms with E-state index >= 15 is 0 Å². The van der Waals surface area contributed by atoms with Crippen LogP contribution in [0.4, 0.5) is 0 Å². The number of morpholine rings is 1. The van der Waals surface area contributed by atoms with Gasteiger partial charge in [-0.1, -0.05) is 0 Å². The summed E-state index contributed by atoms with van der Waals surface area (Å²) in [6.07, 6.45) is 0. The van der Waals surface area contributed by atoms with E-state index in [2.05, 4.69) is 11.9 Å². The largest absolute Gasteiger partial charge is 0.692 e. The lowest BCUT2D eigenvalue weighted by atomic mass is 10.5. The van der Waals surface area contributed by atoms with Crippen LogP contribution in [0, 0.1) is 0 Å². The van der Waals surface area contributed by atoms with Crippen LogP contribution in [0.15, 0.2) is 0 Å². The first-order valence-electron chi connectivity index (χ1n) is 3.82. The Kier molecular flexibility index (Phi) is 13.9. The van der Waals surface area contributed by atoms with E-state index in [4.69, 9.17) is 33.4 Å². The lowest BCUT2D eigenvalue weighted by Gasteiger charge is -2.21. The molecular formula is C5H15NO7P2+2. The SMILES string of the molecule is CN1CCOCC1.O=[P+](O)O.O=[P+](O)O. The molecule has 1 aliphatic heterocycles. The number of hydrogen-bond acceptors (Lipinski definition) is 4. The first kappa shape index (κ1) is 17.4. The van der Waals surface area contributed by atoms with Crippen molar-refractivity contribution in [3.8, 4) is 0 Å². The lowest BCUT2D eigenvalue weighted by Crippen LogP contribution is -2.32. The molecule has 0 spiro atoms. The second kappa shape index (κ2) is 12.0. The molecule has 0 aromatic carbocycles. The van der Waals surface area contributed by atoms with Crippen LogP contribution in [0.3, 0.4) is 0 Å². The molecule has 1 saturated heterocycles. The molecule has 1 fully saturated rings. The van der Waals surface area contributed by atoms with Crippen molar-refractivity contribution in [1.82, 2.24) is 4.90 Å². The molecule has 0 saturated carbocycles. The maximum atomic E-state index is 8.70. The van der Waals surface area contributed by atoms with Crippen LogP contribution in [-0.2, 0) is 13.9 Å². The van der Waals surface area contributed by atoms with Gasteiger partial charge in [0, 0.05) is 22.2 Å². The zero-order valence-corrected chi connectivity index (χ0v) is 9.97. The number of likely N-dealkylation sites (N-methyl/N-ethyl adjacent to an activating group) is 1. The van der Waals surface area contributed by atoms with Crippen molar-refractivity contribution in [3.63, 3.8) is 0 Å². The monoisotopic (exact) mass is 263 g/mol. The fourth-order valence-corrected chi connectivity index (χ4v) is 0.655. The molecule has 0 amide bonds. The summed E-state index contributed by atoms with van der Waals surface area (Å²) in [5.41, 5.74) is 0. The molecule has 4 N–H and O–H groups in total. The molecule has 8 nitrogen and oxygen atoms in total. The van der Waals surface area contributed by atoms with Crippen molar-refractivity contribution in [2.45, 2.75) is 0 Å². The molecule has 0 unspecified atom stereocenters. The van der Waals surface area contributed by atoms with Crippen molar-refractivity contribution in [3.05, 3.63) is 0 Å². The summed E-state index contributed by atoms with van der Waals surface area (Å²) >= 11 is 0. The summed E-state index contributed by atoms with van der Waals surface area (Å²) in [6, 6.07) is 0. The maximum absolute atomic E-state index is 8.70. The minimum absolute atomic E-state index is 0.913. The van der Waals surface area contributed by atoms with E-state index in [9.17, 15) is 0 Å². The molecule has 0 aliphatic carbocycles. The number of ether oxygens (including phenoxy) is 1. The average Bonchev–Trinajstić information content (AvgIpc) is 2.03. The Balaban J connectivity index is 0. The predicted octanol–water partition coefficient (Wildman–Crippen LogP) is -0.795. The van der Waals surface area contributed by atoms with Crippen LogP contribution >= 0.6 is 16.5 Å². The van der Waals surface area contributed by atoms with Gasteiger partial charge in [0.05, 0.1) is 13.2 Å². The van der Waals surface area contributed by atoms with E-state index in [-0.39, 0.29) is 0 Å². The highest BCUT2D eigenvalue weighted by Crippen LogP contribution is 1.98. The third-order valence-electron chi connectivity index (χ3n) is 1.23. The Morgan fingerprint density at radius 3 is 1.40 bits per heavy atom. The topological polar surface area (TPSA) is 128 Å². The summed E-state index contributed by atoms with van der Waals surface area (Å²) in [7, 11) is -3.63. The molecule has 0 radical (unpaired) electrons. The zero-order chi connectivity index (χ0) is 12.3. The summed E-state index contributed by atoms with van der Waals surface area (Å²) in [5.74, 6) is 0. The molecule has 10 heteroatoms. The predicted molar refractivity (Wildman–Crippen MR) is 52.4 cm³/mol. The van der Waals surface area contributed by atoms with Crippen LogP contribution in [0.2, 0.25) is 0 Å². The molecule has 90 valence electrons. The van der Waals surface area contributed by atoms with E-state index in [0.717, 1.165) is 26.3 Å². The maximum Gasteiger partial charge on any atom is 0.692 e. The van der Waals surface area contributed by atoms with Crippen LogP contribution in [0.25, 0.3) is 0 Å². The summed E-state index contributed by atoms with van der Waals surface area (Å²) in [4.78, 5) is 30.7. The van der Waals surface area contributed by atoms with Crippen LogP contribution < -0.4 is 0 Å². The second-order valence-electron chi connectivity index (χ2n) is 2.42. The molecule has 0 atom stereocenters. The van der Waals surface area contributed by atoms with Gasteiger partial charge in [-0.15, -0.1) is 19.6 Å². The van der Waals surface area contributed by atoms with Gasteiger partial charge in [0.25, 0.3) is 0 Å². The minimum Gasteiger partial charge on any atom is -0.379 e. The highest BCUT2D eigenvalue weighted by molar-refractivity contribution is 7.31. The third-order valence-corrected chi connectivity index (χ3v) is 1.23. The Labute approximate surface area is 89.0 Å². The zero-order valence-electron chi connectivity index (χ0n) is 8.18.